The van der Waals surface area contributed by atoms with Crippen molar-refractivity contribution in [2.24, 2.45) is 11.8 Å². The molecule has 5 aromatic carbocycles. The predicted octanol–water partition coefficient (Wildman–Crippen LogP) is 5.85. The summed E-state index contributed by atoms with van der Waals surface area (Å²) < 4.78 is 5.35. The van der Waals surface area contributed by atoms with Crippen LogP contribution in [0.15, 0.2) is 121 Å². The molecule has 1 fully saturated rings. The lowest BCUT2D eigenvalue weighted by Gasteiger charge is -2.45. The average molecular weight is 723 g/mol. The van der Waals surface area contributed by atoms with E-state index in [1.54, 1.807) is 0 Å². The van der Waals surface area contributed by atoms with Crippen molar-refractivity contribution in [3.05, 3.63) is 181 Å². The van der Waals surface area contributed by atoms with Gasteiger partial charge in [0.1, 0.15) is 12.3 Å². The van der Waals surface area contributed by atoms with Crippen LogP contribution in [0.4, 0.5) is 11.4 Å². The quantitative estimate of drug-likeness (QED) is 0.0446. The highest BCUT2D eigenvalue weighted by Gasteiger charge is 2.63. The van der Waals surface area contributed by atoms with Gasteiger partial charge in [-0.25, -0.2) is 9.80 Å². The van der Waals surface area contributed by atoms with Crippen LogP contribution in [-0.4, -0.2) is 55.9 Å². The van der Waals surface area contributed by atoms with E-state index in [-0.39, 0.29) is 33.8 Å². The molecule has 0 N–H and O–H groups in total. The zero-order valence-electron chi connectivity index (χ0n) is 27.9. The molecule has 9 rings (SSSR count). The van der Waals surface area contributed by atoms with E-state index in [0.29, 0.717) is 0 Å². The minimum absolute atomic E-state index is 0.0531. The third-order valence-corrected chi connectivity index (χ3v) is 10.2. The van der Waals surface area contributed by atoms with Crippen LogP contribution in [0, 0.1) is 32.1 Å². The maximum Gasteiger partial charge on any atom is 0.343 e. The molecule has 14 nitrogen and oxygen atoms in total. The summed E-state index contributed by atoms with van der Waals surface area (Å²) in [6.45, 7) is -0.746. The maximum atomic E-state index is 14.5. The van der Waals surface area contributed by atoms with Gasteiger partial charge in [-0.1, -0.05) is 48.5 Å². The van der Waals surface area contributed by atoms with Gasteiger partial charge in [0.25, 0.3) is 29.1 Å². The number of ketones is 1. The van der Waals surface area contributed by atoms with E-state index in [9.17, 15) is 44.2 Å². The molecule has 0 radical (unpaired) electrons. The molecule has 3 aliphatic carbocycles. The molecule has 0 unspecified atom stereocenters. The summed E-state index contributed by atoms with van der Waals surface area (Å²) in [5.41, 5.74) is 3.22. The molecular formula is C40H26N4O10. The number of carbonyl (C=O) groups excluding carboxylic acids is 5. The van der Waals surface area contributed by atoms with Crippen LogP contribution >= 0.6 is 0 Å². The van der Waals surface area contributed by atoms with E-state index in [2.05, 4.69) is 0 Å². The third-order valence-electron chi connectivity index (χ3n) is 10.2. The molecule has 1 saturated heterocycles. The number of carbonyl (C=O) groups is 5. The number of nitro benzene ring substituents is 2. The molecule has 5 aromatic rings. The number of nitrogens with zero attached hydrogens (tertiary/aromatic N) is 4. The molecule has 14 heteroatoms. The number of non-ortho nitro benzene ring substituents is 2. The zero-order chi connectivity index (χ0) is 37.8. The monoisotopic (exact) mass is 722 g/mol. The van der Waals surface area contributed by atoms with E-state index < -0.39 is 69.5 Å². The molecule has 266 valence electrons. The maximum absolute atomic E-state index is 14.5. The molecule has 2 bridgehead atoms. The topological polar surface area (TPSA) is 187 Å². The van der Waals surface area contributed by atoms with Gasteiger partial charge >= 0.3 is 5.97 Å². The SMILES string of the molecule is O=C(CN(C(=O)c1ccc([N+](=O)[O-])cc1)N1C(=O)[C@H]2C3c4ccccc4C(c4ccccc43)[C@@H]2C1=O)c1ccc(OC(=O)c2ccc([N+](=O)[O-])cc2)cc1. The van der Waals surface area contributed by atoms with Gasteiger partial charge in [0.2, 0.25) is 0 Å². The minimum atomic E-state index is -0.894. The Kier molecular flexibility index (Phi) is 8.13. The number of benzene rings is 5. The molecular weight excluding hydrogens is 696 g/mol. The lowest BCUT2D eigenvalue weighted by molar-refractivity contribution is -0.385. The second kappa shape index (κ2) is 13.0. The van der Waals surface area contributed by atoms with Gasteiger partial charge in [0.05, 0.1) is 27.2 Å². The molecule has 1 heterocycles. The van der Waals surface area contributed by atoms with Crippen molar-refractivity contribution in [1.29, 1.82) is 0 Å². The smallest absolute Gasteiger partial charge is 0.343 e. The molecule has 54 heavy (non-hydrogen) atoms. The Morgan fingerprint density at radius 1 is 0.593 bits per heavy atom. The van der Waals surface area contributed by atoms with Crippen molar-refractivity contribution in [2.45, 2.75) is 11.8 Å². The number of Topliss-reactive ketones (excluding diaryl/α,β-unsaturated/α-hetero) is 1. The van der Waals surface area contributed by atoms with Crippen molar-refractivity contribution in [3.63, 3.8) is 0 Å². The van der Waals surface area contributed by atoms with Crippen molar-refractivity contribution in [3.8, 4) is 5.75 Å². The first-order chi connectivity index (χ1) is 26.0. The van der Waals surface area contributed by atoms with Crippen molar-refractivity contribution < 1.29 is 38.6 Å². The number of ether oxygens (including phenoxy) is 1. The summed E-state index contributed by atoms with van der Waals surface area (Å²) in [4.78, 5) is 90.8. The Labute approximate surface area is 305 Å². The first-order valence-corrected chi connectivity index (χ1v) is 16.7. The summed E-state index contributed by atoms with van der Waals surface area (Å²) in [5.74, 6) is -6.21. The van der Waals surface area contributed by atoms with Crippen LogP contribution in [0.2, 0.25) is 0 Å². The standard InChI is InChI=1S/C40H26N4O10/c45-32(22-13-19-27(20-14-22)54-40(49)24-11-17-26(18-12-24)44(52)53)21-41(37(46)23-9-15-25(16-10-23)43(50)51)42-38(47)35-33-28-5-1-2-6-29(28)34(36(35)39(42)48)31-8-4-3-7-30(31)33/h1-20,33-36H,21H2/t33?,34?,35-,36-/m0/s1. The number of imide groups is 1. The van der Waals surface area contributed by atoms with Gasteiger partial charge in [-0.3, -0.25) is 39.4 Å². The Hall–Kier alpha value is -7.35. The van der Waals surface area contributed by atoms with E-state index in [0.717, 1.165) is 56.5 Å². The highest BCUT2D eigenvalue weighted by atomic mass is 16.6. The Bertz CT molecular complexity index is 2310. The number of nitro groups is 2. The first kappa shape index (κ1) is 33.8. The fourth-order valence-electron chi connectivity index (χ4n) is 7.83. The normalized spacial score (nSPS) is 19.0. The summed E-state index contributed by atoms with van der Waals surface area (Å²) in [7, 11) is 0. The number of amides is 3. The molecule has 4 aliphatic rings. The van der Waals surface area contributed by atoms with E-state index in [1.807, 2.05) is 48.5 Å². The number of rotatable bonds is 9. The van der Waals surface area contributed by atoms with E-state index in [4.69, 9.17) is 4.74 Å². The number of hydrazine groups is 1. The van der Waals surface area contributed by atoms with Gasteiger partial charge in [-0.2, -0.15) is 5.01 Å². The van der Waals surface area contributed by atoms with Gasteiger partial charge in [-0.05, 0) is 70.8 Å². The van der Waals surface area contributed by atoms with Gasteiger partial charge in [-0.15, -0.1) is 0 Å². The molecule has 3 amide bonds. The fraction of sp³-hybridized carbons (Fsp3) is 0.125. The van der Waals surface area contributed by atoms with Crippen molar-refractivity contribution in [1.82, 2.24) is 10.0 Å². The molecule has 0 spiro atoms. The number of esters is 1. The predicted molar refractivity (Wildman–Crippen MR) is 188 cm³/mol. The highest BCUT2D eigenvalue weighted by molar-refractivity contribution is 6.11. The van der Waals surface area contributed by atoms with Crippen LogP contribution < -0.4 is 4.74 Å². The zero-order valence-corrected chi connectivity index (χ0v) is 27.9. The lowest BCUT2D eigenvalue weighted by Crippen LogP contribution is -2.52. The van der Waals surface area contributed by atoms with Crippen LogP contribution in [0.1, 0.15) is 65.2 Å². The Morgan fingerprint density at radius 2 is 1.00 bits per heavy atom. The Balaban J connectivity index is 1.10. The van der Waals surface area contributed by atoms with Crippen LogP contribution in [0.25, 0.3) is 0 Å². The largest absolute Gasteiger partial charge is 0.423 e. The summed E-state index contributed by atoms with van der Waals surface area (Å²) in [6, 6.07) is 30.1. The second-order valence-corrected chi connectivity index (χ2v) is 13.1. The molecule has 2 atom stereocenters. The molecule has 0 aromatic heterocycles. The molecule has 0 saturated carbocycles. The van der Waals surface area contributed by atoms with Gasteiger partial charge < -0.3 is 4.74 Å². The van der Waals surface area contributed by atoms with Gasteiger partial charge in [0.15, 0.2) is 5.78 Å². The number of hydrogen-bond donors (Lipinski definition) is 0. The van der Waals surface area contributed by atoms with E-state index >= 15 is 0 Å². The third kappa shape index (κ3) is 5.48. The summed E-state index contributed by atoms with van der Waals surface area (Å²) >= 11 is 0. The Morgan fingerprint density at radius 3 is 1.43 bits per heavy atom. The van der Waals surface area contributed by atoms with Crippen LogP contribution in [-0.2, 0) is 9.59 Å². The highest BCUT2D eigenvalue weighted by Crippen LogP contribution is 2.61. The average Bonchev–Trinajstić information content (AvgIpc) is 3.46. The summed E-state index contributed by atoms with van der Waals surface area (Å²) in [5, 5.41) is 23.8. The lowest BCUT2D eigenvalue weighted by atomic mass is 9.55. The first-order valence-electron chi connectivity index (χ1n) is 16.7. The summed E-state index contributed by atoms with van der Waals surface area (Å²) in [6.07, 6.45) is 0. The van der Waals surface area contributed by atoms with Crippen LogP contribution in [0.5, 0.6) is 5.75 Å². The van der Waals surface area contributed by atoms with E-state index in [1.165, 1.54) is 48.5 Å². The van der Waals surface area contributed by atoms with Crippen molar-refractivity contribution >= 4 is 40.8 Å². The number of hydrogen-bond acceptors (Lipinski definition) is 10. The fourth-order valence-corrected chi connectivity index (χ4v) is 7.83. The molecule has 1 aliphatic heterocycles. The second-order valence-electron chi connectivity index (χ2n) is 13.1. The van der Waals surface area contributed by atoms with Crippen LogP contribution in [0.3, 0.4) is 0 Å². The van der Waals surface area contributed by atoms with Crippen molar-refractivity contribution in [2.75, 3.05) is 6.54 Å². The minimum Gasteiger partial charge on any atom is -0.423 e. The van der Waals surface area contributed by atoms with Gasteiger partial charge in [0, 0.05) is 47.2 Å².